The first kappa shape index (κ1) is 14.3. The van der Waals surface area contributed by atoms with Crippen molar-refractivity contribution in [3.63, 3.8) is 0 Å². The monoisotopic (exact) mass is 220 g/mol. The van der Waals surface area contributed by atoms with Crippen LogP contribution in [-0.4, -0.2) is 44.9 Å². The fraction of sp³-hybridized carbons (Fsp3) is 0.900. The van der Waals surface area contributed by atoms with E-state index in [1.807, 2.05) is 7.05 Å². The molecule has 5 heteroatoms. The Labute approximate surface area is 90.6 Å². The zero-order chi connectivity index (χ0) is 11.7. The number of alkyl halides is 1. The third-order valence-electron chi connectivity index (χ3n) is 2.06. The predicted octanol–water partition coefficient (Wildman–Crippen LogP) is 0.475. The van der Waals surface area contributed by atoms with Crippen LogP contribution in [0.2, 0.25) is 0 Å². The second-order valence-electron chi connectivity index (χ2n) is 3.35. The third-order valence-corrected chi connectivity index (χ3v) is 2.06. The molecular weight excluding hydrogens is 199 g/mol. The highest BCUT2D eigenvalue weighted by atomic mass is 19.1. The molecule has 1 amide bonds. The molecule has 2 atom stereocenters. The summed E-state index contributed by atoms with van der Waals surface area (Å²) in [4.78, 5) is 10.9. The van der Waals surface area contributed by atoms with Crippen molar-refractivity contribution in [1.82, 2.24) is 10.6 Å². The van der Waals surface area contributed by atoms with Crippen LogP contribution in [-0.2, 0) is 9.53 Å². The van der Waals surface area contributed by atoms with Gasteiger partial charge in [-0.25, -0.2) is 4.39 Å². The number of carbonyl (C=O) groups is 1. The Kier molecular flexibility index (Phi) is 8.22. The van der Waals surface area contributed by atoms with E-state index in [1.165, 1.54) is 0 Å². The lowest BCUT2D eigenvalue weighted by atomic mass is 10.2. The minimum absolute atomic E-state index is 0.0212. The molecule has 0 saturated heterocycles. The fourth-order valence-corrected chi connectivity index (χ4v) is 0.954. The molecule has 0 saturated carbocycles. The number of amides is 1. The van der Waals surface area contributed by atoms with E-state index in [9.17, 15) is 9.18 Å². The zero-order valence-corrected chi connectivity index (χ0v) is 9.68. The number of hydrogen-bond donors (Lipinski definition) is 2. The van der Waals surface area contributed by atoms with Gasteiger partial charge in [0.2, 0.25) is 5.91 Å². The standard InChI is InChI=1S/C10H21FN2O2/c1-4-10(14)13-7-9(11)8(2)15-6-5-12-3/h8-9,12H,4-7H2,1-3H3,(H,13,14). The van der Waals surface area contributed by atoms with Crippen molar-refractivity contribution < 1.29 is 13.9 Å². The number of likely N-dealkylation sites (N-methyl/N-ethyl adjacent to an activating group) is 1. The average molecular weight is 220 g/mol. The van der Waals surface area contributed by atoms with Crippen LogP contribution in [0.3, 0.4) is 0 Å². The van der Waals surface area contributed by atoms with Gasteiger partial charge in [0.1, 0.15) is 6.17 Å². The van der Waals surface area contributed by atoms with Crippen molar-refractivity contribution in [2.75, 3.05) is 26.7 Å². The van der Waals surface area contributed by atoms with Gasteiger partial charge in [-0.3, -0.25) is 4.79 Å². The van der Waals surface area contributed by atoms with Gasteiger partial charge >= 0.3 is 0 Å². The molecule has 0 fully saturated rings. The summed E-state index contributed by atoms with van der Waals surface area (Å²) in [5, 5.41) is 5.40. The van der Waals surface area contributed by atoms with Crippen molar-refractivity contribution >= 4 is 5.91 Å². The number of hydrogen-bond acceptors (Lipinski definition) is 3. The Morgan fingerprint density at radius 1 is 1.53 bits per heavy atom. The maximum atomic E-state index is 13.4. The fourth-order valence-electron chi connectivity index (χ4n) is 0.954. The normalized spacial score (nSPS) is 14.7. The van der Waals surface area contributed by atoms with Crippen LogP contribution < -0.4 is 10.6 Å². The lowest BCUT2D eigenvalue weighted by Gasteiger charge is -2.17. The van der Waals surface area contributed by atoms with Gasteiger partial charge in [-0.1, -0.05) is 6.92 Å². The van der Waals surface area contributed by atoms with Crippen molar-refractivity contribution in [2.45, 2.75) is 32.5 Å². The molecule has 2 unspecified atom stereocenters. The number of halogens is 1. The smallest absolute Gasteiger partial charge is 0.219 e. The topological polar surface area (TPSA) is 50.4 Å². The Bertz CT molecular complexity index is 179. The molecule has 0 rings (SSSR count). The molecule has 0 spiro atoms. The number of rotatable bonds is 8. The molecule has 0 bridgehead atoms. The summed E-state index contributed by atoms with van der Waals surface area (Å²) in [6, 6.07) is 0. The molecule has 0 aliphatic carbocycles. The van der Waals surface area contributed by atoms with Crippen molar-refractivity contribution in [3.8, 4) is 0 Å². The van der Waals surface area contributed by atoms with E-state index in [4.69, 9.17) is 4.74 Å². The lowest BCUT2D eigenvalue weighted by Crippen LogP contribution is -2.36. The maximum Gasteiger partial charge on any atom is 0.219 e. The predicted molar refractivity (Wildman–Crippen MR) is 57.5 cm³/mol. The highest BCUT2D eigenvalue weighted by molar-refractivity contribution is 5.75. The van der Waals surface area contributed by atoms with Gasteiger partial charge < -0.3 is 15.4 Å². The number of carbonyl (C=O) groups excluding carboxylic acids is 1. The molecule has 0 aliphatic heterocycles. The average Bonchev–Trinajstić information content (AvgIpc) is 2.25. The third kappa shape index (κ3) is 7.27. The SMILES string of the molecule is CCC(=O)NCC(F)C(C)OCCNC. The molecular formula is C10H21FN2O2. The molecule has 2 N–H and O–H groups in total. The largest absolute Gasteiger partial charge is 0.374 e. The van der Waals surface area contributed by atoms with Gasteiger partial charge in [0.15, 0.2) is 0 Å². The second-order valence-corrected chi connectivity index (χ2v) is 3.35. The summed E-state index contributed by atoms with van der Waals surface area (Å²) < 4.78 is 18.6. The first-order valence-electron chi connectivity index (χ1n) is 5.28. The zero-order valence-electron chi connectivity index (χ0n) is 9.68. The van der Waals surface area contributed by atoms with E-state index in [1.54, 1.807) is 13.8 Å². The molecule has 0 aromatic carbocycles. The molecule has 0 heterocycles. The highest BCUT2D eigenvalue weighted by Gasteiger charge is 2.16. The quantitative estimate of drug-likeness (QED) is 0.585. The lowest BCUT2D eigenvalue weighted by molar-refractivity contribution is -0.121. The van der Waals surface area contributed by atoms with Gasteiger partial charge in [-0.05, 0) is 14.0 Å². The van der Waals surface area contributed by atoms with Crippen LogP contribution in [0.15, 0.2) is 0 Å². The molecule has 0 aliphatic rings. The minimum atomic E-state index is -1.16. The van der Waals surface area contributed by atoms with Crippen LogP contribution in [0, 0.1) is 0 Å². The van der Waals surface area contributed by atoms with Gasteiger partial charge in [0, 0.05) is 13.0 Å². The van der Waals surface area contributed by atoms with Crippen molar-refractivity contribution in [1.29, 1.82) is 0 Å². The van der Waals surface area contributed by atoms with Gasteiger partial charge in [-0.2, -0.15) is 0 Å². The summed E-state index contributed by atoms with van der Waals surface area (Å²) in [5.74, 6) is -0.139. The first-order chi connectivity index (χ1) is 7.11. The molecule has 4 nitrogen and oxygen atoms in total. The Balaban J connectivity index is 3.59. The Hall–Kier alpha value is -0.680. The van der Waals surface area contributed by atoms with E-state index >= 15 is 0 Å². The highest BCUT2D eigenvalue weighted by Crippen LogP contribution is 2.02. The van der Waals surface area contributed by atoms with Gasteiger partial charge in [0.05, 0.1) is 19.3 Å². The summed E-state index contributed by atoms with van der Waals surface area (Å²) in [7, 11) is 1.81. The van der Waals surface area contributed by atoms with Gasteiger partial charge in [0.25, 0.3) is 0 Å². The van der Waals surface area contributed by atoms with Crippen molar-refractivity contribution in [2.24, 2.45) is 0 Å². The van der Waals surface area contributed by atoms with E-state index in [0.29, 0.717) is 19.6 Å². The molecule has 15 heavy (non-hydrogen) atoms. The van der Waals surface area contributed by atoms with Crippen molar-refractivity contribution in [3.05, 3.63) is 0 Å². The summed E-state index contributed by atoms with van der Waals surface area (Å²) in [6.45, 7) is 4.58. The van der Waals surface area contributed by atoms with Crippen LogP contribution >= 0.6 is 0 Å². The number of nitrogens with one attached hydrogen (secondary N) is 2. The first-order valence-corrected chi connectivity index (χ1v) is 5.28. The van der Waals surface area contributed by atoms with Crippen LogP contribution in [0.25, 0.3) is 0 Å². The van der Waals surface area contributed by atoms with E-state index in [0.717, 1.165) is 0 Å². The number of ether oxygens (including phenoxy) is 1. The van der Waals surface area contributed by atoms with Crippen LogP contribution in [0.5, 0.6) is 0 Å². The molecule has 0 aromatic heterocycles. The van der Waals surface area contributed by atoms with E-state index in [-0.39, 0.29) is 12.5 Å². The second kappa shape index (κ2) is 8.61. The molecule has 90 valence electrons. The summed E-state index contributed by atoms with van der Waals surface area (Å²) in [6.07, 6.45) is -1.27. The Morgan fingerprint density at radius 3 is 2.73 bits per heavy atom. The Morgan fingerprint density at radius 2 is 2.20 bits per heavy atom. The van der Waals surface area contributed by atoms with E-state index < -0.39 is 12.3 Å². The molecule has 0 radical (unpaired) electrons. The summed E-state index contributed by atoms with van der Waals surface area (Å²) in [5.41, 5.74) is 0. The molecule has 0 aromatic rings. The summed E-state index contributed by atoms with van der Waals surface area (Å²) >= 11 is 0. The maximum absolute atomic E-state index is 13.4. The minimum Gasteiger partial charge on any atom is -0.374 e. The van der Waals surface area contributed by atoms with E-state index in [2.05, 4.69) is 10.6 Å². The van der Waals surface area contributed by atoms with Crippen LogP contribution in [0.1, 0.15) is 20.3 Å². The van der Waals surface area contributed by atoms with Gasteiger partial charge in [-0.15, -0.1) is 0 Å². The van der Waals surface area contributed by atoms with Crippen LogP contribution in [0.4, 0.5) is 4.39 Å².